The van der Waals surface area contributed by atoms with Crippen molar-refractivity contribution in [1.29, 1.82) is 0 Å². The highest BCUT2D eigenvalue weighted by molar-refractivity contribution is 7.90. The summed E-state index contributed by atoms with van der Waals surface area (Å²) in [6.45, 7) is 5.95. The molecule has 144 valence electrons. The van der Waals surface area contributed by atoms with E-state index in [0.717, 1.165) is 4.88 Å². The van der Waals surface area contributed by atoms with Gasteiger partial charge in [-0.25, -0.2) is 8.42 Å². The van der Waals surface area contributed by atoms with Crippen molar-refractivity contribution < 1.29 is 13.2 Å². The molecule has 0 aliphatic carbocycles. The van der Waals surface area contributed by atoms with Gasteiger partial charge in [0.2, 0.25) is 5.91 Å². The molecule has 27 heavy (non-hydrogen) atoms. The third kappa shape index (κ3) is 4.39. The number of amidine groups is 1. The number of aliphatic imine (C=N–C) groups is 1. The number of benzene rings is 1. The molecule has 0 saturated carbocycles. The summed E-state index contributed by atoms with van der Waals surface area (Å²) in [5, 5.41) is 4.96. The standard InChI is InChI=1S/C19H23N3O3S2/c1-12(2)11-15(19(23)20-13(3)16-8-6-10-26-16)21-18-14-7-4-5-9-17(14)27(24,25)22-18/h4-10,12-13,15H,11H2,1-3H3,(H,20,23)(H,21,22). The number of hydrogen-bond acceptors (Lipinski definition) is 5. The molecule has 2 atom stereocenters. The molecule has 0 saturated heterocycles. The molecule has 2 heterocycles. The summed E-state index contributed by atoms with van der Waals surface area (Å²) < 4.78 is 27.0. The zero-order valence-electron chi connectivity index (χ0n) is 15.5. The van der Waals surface area contributed by atoms with Crippen LogP contribution < -0.4 is 10.0 Å². The minimum atomic E-state index is -3.62. The lowest BCUT2D eigenvalue weighted by molar-refractivity contribution is -0.123. The SMILES string of the molecule is CC(C)CC(N=C1NS(=O)(=O)c2ccccc21)C(=O)NC(C)c1cccs1. The smallest absolute Gasteiger partial charge is 0.263 e. The van der Waals surface area contributed by atoms with Crippen molar-refractivity contribution >= 4 is 33.1 Å². The van der Waals surface area contributed by atoms with Crippen LogP contribution in [0, 0.1) is 5.92 Å². The summed E-state index contributed by atoms with van der Waals surface area (Å²) >= 11 is 1.58. The highest BCUT2D eigenvalue weighted by Gasteiger charge is 2.32. The van der Waals surface area contributed by atoms with Gasteiger partial charge >= 0.3 is 0 Å². The maximum absolute atomic E-state index is 12.9. The van der Waals surface area contributed by atoms with Crippen LogP contribution in [0.25, 0.3) is 0 Å². The van der Waals surface area contributed by atoms with Crippen LogP contribution in [0.5, 0.6) is 0 Å². The molecule has 3 rings (SSSR count). The van der Waals surface area contributed by atoms with Crippen LogP contribution in [0.2, 0.25) is 0 Å². The van der Waals surface area contributed by atoms with E-state index >= 15 is 0 Å². The van der Waals surface area contributed by atoms with Gasteiger partial charge in [0.1, 0.15) is 11.9 Å². The topological polar surface area (TPSA) is 87.6 Å². The van der Waals surface area contributed by atoms with Gasteiger partial charge in [0.05, 0.1) is 10.9 Å². The van der Waals surface area contributed by atoms with Crippen molar-refractivity contribution in [2.24, 2.45) is 10.9 Å². The second-order valence-electron chi connectivity index (χ2n) is 6.97. The average Bonchev–Trinajstić information content (AvgIpc) is 3.22. The Morgan fingerprint density at radius 3 is 2.59 bits per heavy atom. The van der Waals surface area contributed by atoms with Gasteiger partial charge in [-0.3, -0.25) is 14.5 Å². The first-order valence-electron chi connectivity index (χ1n) is 8.81. The molecule has 1 aromatic heterocycles. The van der Waals surface area contributed by atoms with Gasteiger partial charge in [-0.2, -0.15) is 0 Å². The Balaban J connectivity index is 1.87. The van der Waals surface area contributed by atoms with E-state index in [1.807, 2.05) is 38.3 Å². The van der Waals surface area contributed by atoms with Gasteiger partial charge in [0, 0.05) is 10.4 Å². The predicted molar refractivity (Wildman–Crippen MR) is 107 cm³/mol. The number of thiophene rings is 1. The molecule has 1 amide bonds. The van der Waals surface area contributed by atoms with E-state index in [4.69, 9.17) is 0 Å². The van der Waals surface area contributed by atoms with E-state index < -0.39 is 16.1 Å². The molecule has 1 aromatic carbocycles. The van der Waals surface area contributed by atoms with Crippen molar-refractivity contribution in [3.8, 4) is 0 Å². The molecule has 8 heteroatoms. The zero-order chi connectivity index (χ0) is 19.6. The number of hydrogen-bond donors (Lipinski definition) is 2. The number of fused-ring (bicyclic) bond motifs is 1. The molecule has 2 aromatic rings. The quantitative estimate of drug-likeness (QED) is 0.774. The first-order valence-corrected chi connectivity index (χ1v) is 11.2. The van der Waals surface area contributed by atoms with Gasteiger partial charge in [0.15, 0.2) is 0 Å². The fraction of sp³-hybridized carbons (Fsp3) is 0.368. The molecule has 1 aliphatic heterocycles. The summed E-state index contributed by atoms with van der Waals surface area (Å²) in [6, 6.07) is 9.78. The summed E-state index contributed by atoms with van der Waals surface area (Å²) in [5.41, 5.74) is 0.505. The largest absolute Gasteiger partial charge is 0.347 e. The van der Waals surface area contributed by atoms with Gasteiger partial charge in [0.25, 0.3) is 10.0 Å². The van der Waals surface area contributed by atoms with Gasteiger partial charge in [-0.05, 0) is 42.8 Å². The summed E-state index contributed by atoms with van der Waals surface area (Å²) in [4.78, 5) is 18.6. The van der Waals surface area contributed by atoms with Crippen LogP contribution in [0.3, 0.4) is 0 Å². The molecule has 0 fully saturated rings. The van der Waals surface area contributed by atoms with Gasteiger partial charge < -0.3 is 5.32 Å². The lowest BCUT2D eigenvalue weighted by atomic mass is 10.0. The number of sulfonamides is 1. The molecule has 6 nitrogen and oxygen atoms in total. The Hall–Kier alpha value is -2.19. The second kappa shape index (κ2) is 7.82. The Labute approximate surface area is 163 Å². The fourth-order valence-corrected chi connectivity index (χ4v) is 4.94. The lowest BCUT2D eigenvalue weighted by Gasteiger charge is -2.19. The van der Waals surface area contributed by atoms with Crippen molar-refractivity contribution in [3.63, 3.8) is 0 Å². The Morgan fingerprint density at radius 1 is 1.19 bits per heavy atom. The average molecular weight is 406 g/mol. The van der Waals surface area contributed by atoms with Gasteiger partial charge in [-0.15, -0.1) is 11.3 Å². The minimum Gasteiger partial charge on any atom is -0.347 e. The molecular weight excluding hydrogens is 382 g/mol. The summed E-state index contributed by atoms with van der Waals surface area (Å²) in [5.74, 6) is 0.256. The van der Waals surface area contributed by atoms with Crippen LogP contribution in [-0.4, -0.2) is 26.2 Å². The van der Waals surface area contributed by atoms with E-state index in [0.29, 0.717) is 12.0 Å². The Kier molecular flexibility index (Phi) is 5.67. The van der Waals surface area contributed by atoms with Crippen molar-refractivity contribution in [2.75, 3.05) is 0 Å². The van der Waals surface area contributed by atoms with Crippen LogP contribution in [0.15, 0.2) is 51.7 Å². The lowest BCUT2D eigenvalue weighted by Crippen LogP contribution is -2.37. The highest BCUT2D eigenvalue weighted by Crippen LogP contribution is 2.24. The van der Waals surface area contributed by atoms with Crippen molar-refractivity contribution in [3.05, 3.63) is 52.2 Å². The number of amides is 1. The van der Waals surface area contributed by atoms with E-state index in [1.165, 1.54) is 6.07 Å². The third-order valence-corrected chi connectivity index (χ3v) is 6.73. The Bertz CT molecular complexity index is 950. The van der Waals surface area contributed by atoms with Crippen LogP contribution in [0.4, 0.5) is 0 Å². The van der Waals surface area contributed by atoms with Crippen molar-refractivity contribution in [2.45, 2.75) is 44.2 Å². The van der Waals surface area contributed by atoms with Crippen LogP contribution in [-0.2, 0) is 14.8 Å². The molecule has 0 radical (unpaired) electrons. The summed E-state index contributed by atoms with van der Waals surface area (Å²) in [6.07, 6.45) is 0.524. The maximum Gasteiger partial charge on any atom is 0.263 e. The second-order valence-corrected chi connectivity index (χ2v) is 9.60. The molecule has 0 spiro atoms. The number of carbonyl (C=O) groups is 1. The van der Waals surface area contributed by atoms with Crippen LogP contribution >= 0.6 is 11.3 Å². The first-order chi connectivity index (χ1) is 12.8. The molecular formula is C19H23N3O3S2. The maximum atomic E-state index is 12.9. The van der Waals surface area contributed by atoms with Crippen LogP contribution in [0.1, 0.15) is 43.7 Å². The van der Waals surface area contributed by atoms with E-state index in [1.54, 1.807) is 29.5 Å². The molecule has 2 N–H and O–H groups in total. The number of nitrogens with one attached hydrogen (secondary N) is 2. The zero-order valence-corrected chi connectivity index (χ0v) is 17.1. The minimum absolute atomic E-state index is 0.125. The predicted octanol–water partition coefficient (Wildman–Crippen LogP) is 3.08. The fourth-order valence-electron chi connectivity index (χ4n) is 2.97. The monoisotopic (exact) mass is 405 g/mol. The molecule has 0 bridgehead atoms. The normalized spacial score (nSPS) is 18.7. The molecule has 1 aliphatic rings. The summed E-state index contributed by atoms with van der Waals surface area (Å²) in [7, 11) is -3.62. The van der Waals surface area contributed by atoms with E-state index in [-0.39, 0.29) is 28.6 Å². The number of carbonyl (C=O) groups excluding carboxylic acids is 1. The Morgan fingerprint density at radius 2 is 1.93 bits per heavy atom. The van der Waals surface area contributed by atoms with E-state index in [9.17, 15) is 13.2 Å². The van der Waals surface area contributed by atoms with E-state index in [2.05, 4.69) is 15.0 Å². The van der Waals surface area contributed by atoms with Crippen molar-refractivity contribution in [1.82, 2.24) is 10.0 Å². The third-order valence-electron chi connectivity index (χ3n) is 4.27. The van der Waals surface area contributed by atoms with Gasteiger partial charge in [-0.1, -0.05) is 32.0 Å². The molecule has 2 unspecified atom stereocenters. The number of nitrogens with zero attached hydrogens (tertiary/aromatic N) is 1. The first kappa shape index (κ1) is 19.6. The number of rotatable bonds is 6. The highest BCUT2D eigenvalue weighted by atomic mass is 32.2.